The van der Waals surface area contributed by atoms with Crippen molar-refractivity contribution in [1.82, 2.24) is 0 Å². The quantitative estimate of drug-likeness (QED) is 0.740. The van der Waals surface area contributed by atoms with E-state index in [1.807, 2.05) is 6.07 Å². The molecule has 0 aliphatic heterocycles. The number of hydrogen-bond donors (Lipinski definition) is 0. The monoisotopic (exact) mass is 206 g/mol. The van der Waals surface area contributed by atoms with Crippen LogP contribution in [0.15, 0.2) is 18.2 Å². The molecule has 0 unspecified atom stereocenters. The first-order valence-electron chi connectivity index (χ1n) is 5.44. The maximum Gasteiger partial charge on any atom is 0.136 e. The number of benzene rings is 1. The minimum absolute atomic E-state index is 0.174. The number of aryl methyl sites for hydroxylation is 2. The van der Waals surface area contributed by atoms with E-state index in [-0.39, 0.29) is 5.82 Å². The molecule has 2 heteroatoms. The molecule has 0 spiro atoms. The van der Waals surface area contributed by atoms with Gasteiger partial charge in [0.15, 0.2) is 0 Å². The Balaban J connectivity index is 1.92. The lowest BCUT2D eigenvalue weighted by atomic mass is 10.0. The predicted octanol–water partition coefficient (Wildman–Crippen LogP) is 3.05. The first-order valence-corrected chi connectivity index (χ1v) is 5.44. The van der Waals surface area contributed by atoms with Gasteiger partial charge in [0.05, 0.1) is 0 Å². The van der Waals surface area contributed by atoms with Crippen LogP contribution < -0.4 is 0 Å². The number of carbonyl (C=O) groups excluding carboxylic acids is 1. The lowest BCUT2D eigenvalue weighted by Gasteiger charge is -2.02. The third-order valence-corrected chi connectivity index (χ3v) is 2.92. The number of Topliss-reactive ketones (excluding diaryl/α,β-unsaturated/α-hetero) is 1. The summed E-state index contributed by atoms with van der Waals surface area (Å²) in [5, 5.41) is 0. The van der Waals surface area contributed by atoms with Gasteiger partial charge in [0.1, 0.15) is 11.6 Å². The van der Waals surface area contributed by atoms with Crippen LogP contribution in [-0.4, -0.2) is 5.78 Å². The zero-order chi connectivity index (χ0) is 10.8. The van der Waals surface area contributed by atoms with E-state index in [0.29, 0.717) is 23.7 Å². The van der Waals surface area contributed by atoms with Crippen molar-refractivity contribution < 1.29 is 9.18 Å². The normalized spacial score (nSPS) is 15.3. The van der Waals surface area contributed by atoms with Gasteiger partial charge in [-0.1, -0.05) is 12.1 Å². The number of rotatable bonds is 4. The fourth-order valence-corrected chi connectivity index (χ4v) is 1.74. The van der Waals surface area contributed by atoms with Crippen LogP contribution in [0.2, 0.25) is 0 Å². The third-order valence-electron chi connectivity index (χ3n) is 2.92. The lowest BCUT2D eigenvalue weighted by Crippen LogP contribution is -2.02. The second kappa shape index (κ2) is 4.13. The topological polar surface area (TPSA) is 17.1 Å². The van der Waals surface area contributed by atoms with Gasteiger partial charge in [0.2, 0.25) is 0 Å². The minimum Gasteiger partial charge on any atom is -0.299 e. The highest BCUT2D eigenvalue weighted by molar-refractivity contribution is 5.83. The first-order chi connectivity index (χ1) is 7.16. The van der Waals surface area contributed by atoms with E-state index in [0.717, 1.165) is 24.8 Å². The van der Waals surface area contributed by atoms with Gasteiger partial charge in [-0.3, -0.25) is 4.79 Å². The van der Waals surface area contributed by atoms with E-state index < -0.39 is 0 Å². The molecule has 0 saturated heterocycles. The van der Waals surface area contributed by atoms with E-state index in [2.05, 4.69) is 0 Å². The number of halogens is 1. The molecular weight excluding hydrogens is 191 g/mol. The average Bonchev–Trinajstić information content (AvgIpc) is 3.03. The summed E-state index contributed by atoms with van der Waals surface area (Å²) in [5.74, 6) is 0.538. The lowest BCUT2D eigenvalue weighted by molar-refractivity contribution is -0.120. The number of ketones is 1. The van der Waals surface area contributed by atoms with Gasteiger partial charge in [0, 0.05) is 12.3 Å². The van der Waals surface area contributed by atoms with Gasteiger partial charge in [-0.05, 0) is 43.4 Å². The van der Waals surface area contributed by atoms with E-state index in [1.54, 1.807) is 13.0 Å². The van der Waals surface area contributed by atoms with Crippen LogP contribution in [0.1, 0.15) is 30.4 Å². The summed E-state index contributed by atoms with van der Waals surface area (Å²) < 4.78 is 13.0. The summed E-state index contributed by atoms with van der Waals surface area (Å²) in [4.78, 5) is 11.5. The molecule has 0 aromatic heterocycles. The summed E-state index contributed by atoms with van der Waals surface area (Å²) in [6.45, 7) is 1.75. The van der Waals surface area contributed by atoms with Gasteiger partial charge < -0.3 is 0 Å². The molecule has 1 fully saturated rings. The summed E-state index contributed by atoms with van der Waals surface area (Å²) in [6.07, 6.45) is 3.49. The minimum atomic E-state index is -0.174. The van der Waals surface area contributed by atoms with Gasteiger partial charge in [0.25, 0.3) is 0 Å². The van der Waals surface area contributed by atoms with Gasteiger partial charge >= 0.3 is 0 Å². The maximum absolute atomic E-state index is 13.0. The molecule has 0 amide bonds. The van der Waals surface area contributed by atoms with Crippen LogP contribution in [0.3, 0.4) is 0 Å². The molecule has 80 valence electrons. The summed E-state index contributed by atoms with van der Waals surface area (Å²) in [6, 6.07) is 5.07. The van der Waals surface area contributed by atoms with Crippen molar-refractivity contribution in [1.29, 1.82) is 0 Å². The predicted molar refractivity (Wildman–Crippen MR) is 57.2 cm³/mol. The molecule has 1 aliphatic rings. The van der Waals surface area contributed by atoms with E-state index in [1.165, 1.54) is 6.07 Å². The van der Waals surface area contributed by atoms with Gasteiger partial charge in [-0.15, -0.1) is 0 Å². The Hall–Kier alpha value is -1.18. The smallest absolute Gasteiger partial charge is 0.136 e. The molecule has 0 heterocycles. The van der Waals surface area contributed by atoms with Crippen molar-refractivity contribution in [2.45, 2.75) is 32.6 Å². The highest BCUT2D eigenvalue weighted by Gasteiger charge is 2.28. The van der Waals surface area contributed by atoms with Gasteiger partial charge in [-0.25, -0.2) is 4.39 Å². The second-order valence-electron chi connectivity index (χ2n) is 4.32. The molecule has 0 bridgehead atoms. The Morgan fingerprint density at radius 3 is 2.80 bits per heavy atom. The molecule has 15 heavy (non-hydrogen) atoms. The Kier molecular flexibility index (Phi) is 2.85. The Morgan fingerprint density at radius 1 is 1.47 bits per heavy atom. The highest BCUT2D eigenvalue weighted by atomic mass is 19.1. The highest BCUT2D eigenvalue weighted by Crippen LogP contribution is 2.31. The Labute approximate surface area is 89.3 Å². The van der Waals surface area contributed by atoms with Crippen molar-refractivity contribution in [3.63, 3.8) is 0 Å². The fraction of sp³-hybridized carbons (Fsp3) is 0.462. The number of carbonyl (C=O) groups is 1. The standard InChI is InChI=1S/C13H15FO/c1-9-8-10(2-6-12(9)14)3-7-13(15)11-4-5-11/h2,6,8,11H,3-5,7H2,1H3. The second-order valence-corrected chi connectivity index (χ2v) is 4.32. The van der Waals surface area contributed by atoms with Crippen LogP contribution in [-0.2, 0) is 11.2 Å². The molecule has 1 nitrogen and oxygen atoms in total. The van der Waals surface area contributed by atoms with Crippen molar-refractivity contribution in [3.8, 4) is 0 Å². The van der Waals surface area contributed by atoms with E-state index in [4.69, 9.17) is 0 Å². The summed E-state index contributed by atoms with van der Waals surface area (Å²) in [5.41, 5.74) is 1.72. The van der Waals surface area contributed by atoms with Crippen LogP contribution >= 0.6 is 0 Å². The van der Waals surface area contributed by atoms with E-state index >= 15 is 0 Å². The average molecular weight is 206 g/mol. The molecule has 0 radical (unpaired) electrons. The molecule has 1 aromatic rings. The largest absolute Gasteiger partial charge is 0.299 e. The maximum atomic E-state index is 13.0. The van der Waals surface area contributed by atoms with Crippen LogP contribution in [0, 0.1) is 18.7 Å². The zero-order valence-corrected chi connectivity index (χ0v) is 8.92. The Morgan fingerprint density at radius 2 is 2.20 bits per heavy atom. The van der Waals surface area contributed by atoms with Crippen LogP contribution in [0.5, 0.6) is 0 Å². The van der Waals surface area contributed by atoms with Crippen LogP contribution in [0.25, 0.3) is 0 Å². The fourth-order valence-electron chi connectivity index (χ4n) is 1.74. The molecule has 1 aromatic carbocycles. The summed E-state index contributed by atoms with van der Waals surface area (Å²) in [7, 11) is 0. The van der Waals surface area contributed by atoms with Crippen LogP contribution in [0.4, 0.5) is 4.39 Å². The van der Waals surface area contributed by atoms with Gasteiger partial charge in [-0.2, -0.15) is 0 Å². The van der Waals surface area contributed by atoms with Crippen molar-refractivity contribution >= 4 is 5.78 Å². The van der Waals surface area contributed by atoms with Crippen molar-refractivity contribution in [2.75, 3.05) is 0 Å². The Bertz CT molecular complexity index is 380. The molecular formula is C13H15FO. The SMILES string of the molecule is Cc1cc(CCC(=O)C2CC2)ccc1F. The molecule has 1 saturated carbocycles. The molecule has 0 atom stereocenters. The molecule has 0 N–H and O–H groups in total. The summed E-state index contributed by atoms with van der Waals surface area (Å²) >= 11 is 0. The van der Waals surface area contributed by atoms with Crippen molar-refractivity contribution in [3.05, 3.63) is 35.1 Å². The first kappa shape index (κ1) is 10.3. The third kappa shape index (κ3) is 2.65. The molecule has 1 aliphatic carbocycles. The number of hydrogen-bond acceptors (Lipinski definition) is 1. The van der Waals surface area contributed by atoms with Crippen molar-refractivity contribution in [2.24, 2.45) is 5.92 Å². The van der Waals surface area contributed by atoms with E-state index in [9.17, 15) is 9.18 Å². The zero-order valence-electron chi connectivity index (χ0n) is 8.92. The molecule has 2 rings (SSSR count).